The van der Waals surface area contributed by atoms with Gasteiger partial charge in [0.1, 0.15) is 6.04 Å². The number of carboxylic acid groups (broad SMARTS) is 1. The Kier molecular flexibility index (Phi) is 14.7. The van der Waals surface area contributed by atoms with Crippen LogP contribution >= 0.6 is 0 Å². The lowest BCUT2D eigenvalue weighted by Gasteiger charge is -2.15. The molecule has 0 aliphatic rings. The molecule has 26 heavy (non-hydrogen) atoms. The Balaban J connectivity index is 3.84. The summed E-state index contributed by atoms with van der Waals surface area (Å²) in [6.45, 7) is 5.68. The van der Waals surface area contributed by atoms with Gasteiger partial charge in [-0.3, -0.25) is 9.59 Å². The Hall–Kier alpha value is -1.59. The van der Waals surface area contributed by atoms with Crippen molar-refractivity contribution in [1.82, 2.24) is 5.32 Å². The summed E-state index contributed by atoms with van der Waals surface area (Å²) in [5, 5.41) is 11.7. The zero-order valence-electron chi connectivity index (χ0n) is 16.7. The molecular formula is C20H37NO5. The second-order valence-electron chi connectivity index (χ2n) is 7.11. The van der Waals surface area contributed by atoms with Gasteiger partial charge in [0.25, 0.3) is 0 Å². The van der Waals surface area contributed by atoms with Crippen LogP contribution in [0.2, 0.25) is 0 Å². The summed E-state index contributed by atoms with van der Waals surface area (Å²) in [5.41, 5.74) is 0. The molecule has 0 saturated heterocycles. The van der Waals surface area contributed by atoms with Crippen molar-refractivity contribution in [1.29, 1.82) is 0 Å². The molecule has 0 spiro atoms. The summed E-state index contributed by atoms with van der Waals surface area (Å²) in [6.07, 6.45) is 10.6. The molecule has 0 aliphatic carbocycles. The van der Waals surface area contributed by atoms with Crippen molar-refractivity contribution in [3.05, 3.63) is 0 Å². The number of unbranched alkanes of at least 4 members (excludes halogenated alkanes) is 8. The van der Waals surface area contributed by atoms with E-state index in [0.717, 1.165) is 19.3 Å². The fourth-order valence-electron chi connectivity index (χ4n) is 2.70. The van der Waals surface area contributed by atoms with E-state index in [4.69, 9.17) is 4.74 Å². The molecule has 0 fully saturated rings. The van der Waals surface area contributed by atoms with Gasteiger partial charge in [0, 0.05) is 12.8 Å². The van der Waals surface area contributed by atoms with Crippen molar-refractivity contribution < 1.29 is 24.2 Å². The van der Waals surface area contributed by atoms with Crippen LogP contribution < -0.4 is 5.32 Å². The summed E-state index contributed by atoms with van der Waals surface area (Å²) in [4.78, 5) is 34.6. The van der Waals surface area contributed by atoms with E-state index in [-0.39, 0.29) is 24.9 Å². The summed E-state index contributed by atoms with van der Waals surface area (Å²) in [7, 11) is 0. The van der Waals surface area contributed by atoms with Crippen molar-refractivity contribution in [2.24, 2.45) is 0 Å². The van der Waals surface area contributed by atoms with Gasteiger partial charge in [-0.2, -0.15) is 0 Å². The van der Waals surface area contributed by atoms with Gasteiger partial charge in [-0.1, -0.05) is 58.3 Å². The SMILES string of the molecule is CCCCCCCCCCCC(=O)N[C@@H](CCC(=O)OC(C)C)C(=O)O. The van der Waals surface area contributed by atoms with Crippen LogP contribution in [-0.4, -0.2) is 35.1 Å². The van der Waals surface area contributed by atoms with Crippen LogP contribution in [0.1, 0.15) is 97.8 Å². The molecule has 0 aromatic carbocycles. The molecule has 6 nitrogen and oxygen atoms in total. The van der Waals surface area contributed by atoms with E-state index < -0.39 is 18.0 Å². The highest BCUT2D eigenvalue weighted by atomic mass is 16.5. The third-order valence-corrected chi connectivity index (χ3v) is 4.14. The largest absolute Gasteiger partial charge is 0.480 e. The van der Waals surface area contributed by atoms with E-state index in [2.05, 4.69) is 12.2 Å². The van der Waals surface area contributed by atoms with Crippen molar-refractivity contribution >= 4 is 17.8 Å². The molecule has 0 heterocycles. The van der Waals surface area contributed by atoms with Crippen LogP contribution in [-0.2, 0) is 19.1 Å². The summed E-state index contributed by atoms with van der Waals surface area (Å²) < 4.78 is 4.97. The first-order chi connectivity index (χ1) is 12.4. The molecule has 0 rings (SSSR count). The molecule has 0 aromatic rings. The third kappa shape index (κ3) is 14.7. The molecule has 6 heteroatoms. The van der Waals surface area contributed by atoms with Crippen molar-refractivity contribution in [3.8, 4) is 0 Å². The fraction of sp³-hybridized carbons (Fsp3) is 0.850. The van der Waals surface area contributed by atoms with Gasteiger partial charge < -0.3 is 15.2 Å². The molecule has 0 aromatic heterocycles. The molecular weight excluding hydrogens is 334 g/mol. The highest BCUT2D eigenvalue weighted by Crippen LogP contribution is 2.10. The molecule has 1 amide bonds. The van der Waals surface area contributed by atoms with Crippen molar-refractivity contribution in [2.45, 2.75) is 110 Å². The normalized spacial score (nSPS) is 12.0. The molecule has 0 saturated carbocycles. The van der Waals surface area contributed by atoms with Gasteiger partial charge in [-0.15, -0.1) is 0 Å². The van der Waals surface area contributed by atoms with Gasteiger partial charge in [0.2, 0.25) is 5.91 Å². The maximum absolute atomic E-state index is 11.9. The lowest BCUT2D eigenvalue weighted by Crippen LogP contribution is -2.41. The average molecular weight is 372 g/mol. The number of carboxylic acids is 1. The standard InChI is InChI=1S/C20H37NO5/c1-4-5-6-7-8-9-10-11-12-13-18(22)21-17(20(24)25)14-15-19(23)26-16(2)3/h16-17H,4-15H2,1-3H3,(H,21,22)(H,24,25)/t17-/m0/s1. The van der Waals surface area contributed by atoms with Gasteiger partial charge >= 0.3 is 11.9 Å². The minimum atomic E-state index is -1.12. The monoisotopic (exact) mass is 371 g/mol. The molecule has 152 valence electrons. The number of hydrogen-bond donors (Lipinski definition) is 2. The Morgan fingerprint density at radius 1 is 0.885 bits per heavy atom. The van der Waals surface area contributed by atoms with Crippen molar-refractivity contribution in [3.63, 3.8) is 0 Å². The molecule has 2 N–H and O–H groups in total. The highest BCUT2D eigenvalue weighted by Gasteiger charge is 2.21. The molecule has 0 unspecified atom stereocenters. The molecule has 0 aliphatic heterocycles. The Morgan fingerprint density at radius 3 is 1.92 bits per heavy atom. The number of carbonyl (C=O) groups excluding carboxylic acids is 2. The Labute approximate surface area is 158 Å². The number of esters is 1. The van der Waals surface area contributed by atoms with Crippen LogP contribution in [0.5, 0.6) is 0 Å². The second kappa shape index (κ2) is 15.6. The third-order valence-electron chi connectivity index (χ3n) is 4.14. The minimum absolute atomic E-state index is 0.0204. The number of ether oxygens (including phenoxy) is 1. The zero-order chi connectivity index (χ0) is 19.8. The van der Waals surface area contributed by atoms with Crippen LogP contribution in [0.25, 0.3) is 0 Å². The predicted molar refractivity (Wildman–Crippen MR) is 102 cm³/mol. The van der Waals surface area contributed by atoms with Gasteiger partial charge in [0.15, 0.2) is 0 Å². The highest BCUT2D eigenvalue weighted by molar-refractivity contribution is 5.84. The van der Waals surface area contributed by atoms with Gasteiger partial charge in [0.05, 0.1) is 6.10 Å². The van der Waals surface area contributed by atoms with Gasteiger partial charge in [-0.25, -0.2) is 4.79 Å². The minimum Gasteiger partial charge on any atom is -0.480 e. The van der Waals surface area contributed by atoms with Crippen LogP contribution in [0.4, 0.5) is 0 Å². The number of hydrogen-bond acceptors (Lipinski definition) is 4. The van der Waals surface area contributed by atoms with Crippen LogP contribution in [0, 0.1) is 0 Å². The lowest BCUT2D eigenvalue weighted by molar-refractivity contribution is -0.148. The Bertz CT molecular complexity index is 409. The quantitative estimate of drug-likeness (QED) is 0.313. The first-order valence-electron chi connectivity index (χ1n) is 10.1. The van der Waals surface area contributed by atoms with E-state index >= 15 is 0 Å². The lowest BCUT2D eigenvalue weighted by atomic mass is 10.1. The van der Waals surface area contributed by atoms with Crippen molar-refractivity contribution in [2.75, 3.05) is 0 Å². The maximum atomic E-state index is 11.9. The van der Waals surface area contributed by atoms with E-state index in [0.29, 0.717) is 6.42 Å². The topological polar surface area (TPSA) is 92.7 Å². The first kappa shape index (κ1) is 24.4. The number of nitrogens with one attached hydrogen (secondary N) is 1. The van der Waals surface area contributed by atoms with E-state index in [1.165, 1.54) is 38.5 Å². The number of rotatable bonds is 16. The van der Waals surface area contributed by atoms with Crippen LogP contribution in [0.15, 0.2) is 0 Å². The fourth-order valence-corrected chi connectivity index (χ4v) is 2.70. The van der Waals surface area contributed by atoms with E-state index in [9.17, 15) is 19.5 Å². The number of carbonyl (C=O) groups is 3. The van der Waals surface area contributed by atoms with Crippen LogP contribution in [0.3, 0.4) is 0 Å². The maximum Gasteiger partial charge on any atom is 0.326 e. The van der Waals surface area contributed by atoms with E-state index in [1.54, 1.807) is 13.8 Å². The van der Waals surface area contributed by atoms with E-state index in [1.807, 2.05) is 0 Å². The predicted octanol–water partition coefficient (Wildman–Crippen LogP) is 4.21. The summed E-state index contributed by atoms with van der Waals surface area (Å²) in [6, 6.07) is -1.04. The molecule has 1 atom stereocenters. The first-order valence-corrected chi connectivity index (χ1v) is 10.1. The molecule has 0 bridgehead atoms. The summed E-state index contributed by atoms with van der Waals surface area (Å²) >= 11 is 0. The number of aliphatic carboxylic acids is 1. The molecule has 0 radical (unpaired) electrons. The average Bonchev–Trinajstić information content (AvgIpc) is 2.56. The Morgan fingerprint density at radius 2 is 1.42 bits per heavy atom. The summed E-state index contributed by atoms with van der Waals surface area (Å²) in [5.74, 6) is -1.83. The number of amides is 1. The van der Waals surface area contributed by atoms with Gasteiger partial charge in [-0.05, 0) is 26.7 Å². The second-order valence-corrected chi connectivity index (χ2v) is 7.11. The smallest absolute Gasteiger partial charge is 0.326 e. The zero-order valence-corrected chi connectivity index (χ0v) is 16.7.